The second-order valence-corrected chi connectivity index (χ2v) is 7.92. The van der Waals surface area contributed by atoms with Crippen LogP contribution in [0.4, 0.5) is 0 Å². The van der Waals surface area contributed by atoms with Gasteiger partial charge in [0.1, 0.15) is 5.78 Å². The molecule has 3 N–H and O–H groups in total. The van der Waals surface area contributed by atoms with E-state index in [-0.39, 0.29) is 30.0 Å². The molecule has 0 aromatic carbocycles. The Kier molecular flexibility index (Phi) is 9.46. The number of nitrogens with two attached hydrogens (primary N) is 1. The Morgan fingerprint density at radius 1 is 0.909 bits per heavy atom. The minimum Gasteiger partial charge on any atom is -0.481 e. The summed E-state index contributed by atoms with van der Waals surface area (Å²) < 4.78 is 0. The molecule has 5 heteroatoms. The zero-order chi connectivity index (χ0) is 18.3. The molecule has 0 bridgehead atoms. The Balaban J connectivity index is 0. The number of carboxylic acid groups (broad SMARTS) is 1. The third-order valence-corrected chi connectivity index (χ3v) is 3.01. The van der Waals surface area contributed by atoms with Crippen molar-refractivity contribution in [3.8, 4) is 0 Å². The summed E-state index contributed by atoms with van der Waals surface area (Å²) in [5.41, 5.74) is 4.89. The van der Waals surface area contributed by atoms with E-state index in [1.54, 1.807) is 20.8 Å². The van der Waals surface area contributed by atoms with E-state index in [2.05, 4.69) is 0 Å². The highest BCUT2D eigenvalue weighted by atomic mass is 16.4. The fourth-order valence-electron chi connectivity index (χ4n) is 1.83. The summed E-state index contributed by atoms with van der Waals surface area (Å²) in [6.45, 7) is 15.1. The van der Waals surface area contributed by atoms with E-state index < -0.39 is 17.4 Å². The van der Waals surface area contributed by atoms with Gasteiger partial charge in [0.25, 0.3) is 0 Å². The number of carboxylic acids is 1. The van der Waals surface area contributed by atoms with E-state index in [0.717, 1.165) is 0 Å². The van der Waals surface area contributed by atoms with Crippen molar-refractivity contribution in [1.29, 1.82) is 0 Å². The molecule has 0 fully saturated rings. The van der Waals surface area contributed by atoms with Gasteiger partial charge in [0.2, 0.25) is 0 Å². The van der Waals surface area contributed by atoms with Crippen LogP contribution in [-0.4, -0.2) is 28.7 Å². The lowest BCUT2D eigenvalue weighted by molar-refractivity contribution is -0.137. The second kappa shape index (κ2) is 9.03. The average Bonchev–Trinajstić information content (AvgIpc) is 2.32. The van der Waals surface area contributed by atoms with Crippen molar-refractivity contribution in [2.45, 2.75) is 74.3 Å². The zero-order valence-corrected chi connectivity index (χ0v) is 15.3. The van der Waals surface area contributed by atoms with Crippen LogP contribution < -0.4 is 5.73 Å². The number of carbonyl (C=O) groups is 3. The molecule has 0 aliphatic heterocycles. The van der Waals surface area contributed by atoms with E-state index in [1.807, 2.05) is 34.6 Å². The lowest BCUT2D eigenvalue weighted by Crippen LogP contribution is -2.39. The van der Waals surface area contributed by atoms with Crippen molar-refractivity contribution in [3.05, 3.63) is 0 Å². The summed E-state index contributed by atoms with van der Waals surface area (Å²) in [6, 6.07) is -0.656. The Hall–Kier alpha value is -1.23. The molecule has 0 aliphatic carbocycles. The van der Waals surface area contributed by atoms with Crippen molar-refractivity contribution in [2.24, 2.45) is 22.5 Å². The maximum Gasteiger partial charge on any atom is 0.303 e. The molecule has 0 aromatic heterocycles. The maximum absolute atomic E-state index is 11.5. The molecule has 1 atom stereocenters. The summed E-state index contributed by atoms with van der Waals surface area (Å²) in [6.07, 6.45) is 0.161. The van der Waals surface area contributed by atoms with Crippen molar-refractivity contribution in [2.75, 3.05) is 0 Å². The molecule has 0 rings (SSSR count). The topological polar surface area (TPSA) is 97.5 Å². The van der Waals surface area contributed by atoms with Crippen molar-refractivity contribution in [3.63, 3.8) is 0 Å². The Bertz CT molecular complexity index is 386. The number of hydrogen-bond acceptors (Lipinski definition) is 4. The van der Waals surface area contributed by atoms with Gasteiger partial charge >= 0.3 is 5.97 Å². The number of Topliss-reactive ketones (excluding diaryl/α,β-unsaturated/α-hetero) is 2. The van der Waals surface area contributed by atoms with Gasteiger partial charge in [-0.3, -0.25) is 14.4 Å². The summed E-state index contributed by atoms with van der Waals surface area (Å²) in [4.78, 5) is 32.8. The summed E-state index contributed by atoms with van der Waals surface area (Å²) in [5, 5.41) is 8.38. The van der Waals surface area contributed by atoms with Gasteiger partial charge < -0.3 is 10.8 Å². The van der Waals surface area contributed by atoms with Crippen LogP contribution in [0.1, 0.15) is 68.2 Å². The molecule has 130 valence electrons. The number of ketones is 2. The van der Waals surface area contributed by atoms with Gasteiger partial charge in [-0.2, -0.15) is 0 Å². The van der Waals surface area contributed by atoms with Gasteiger partial charge in [-0.15, -0.1) is 0 Å². The van der Waals surface area contributed by atoms with E-state index in [0.29, 0.717) is 5.78 Å². The first-order valence-corrected chi connectivity index (χ1v) is 7.66. The van der Waals surface area contributed by atoms with Crippen molar-refractivity contribution < 1.29 is 19.5 Å². The van der Waals surface area contributed by atoms with Crippen LogP contribution in [0.3, 0.4) is 0 Å². The average molecular weight is 315 g/mol. The molecule has 0 spiro atoms. The number of rotatable bonds is 5. The predicted molar refractivity (Wildman–Crippen MR) is 88.6 cm³/mol. The maximum atomic E-state index is 11.5. The molecular weight excluding hydrogens is 282 g/mol. The van der Waals surface area contributed by atoms with E-state index >= 15 is 0 Å². The molecular formula is C17H33NO4. The molecule has 0 amide bonds. The first-order valence-electron chi connectivity index (χ1n) is 7.66. The lowest BCUT2D eigenvalue weighted by atomic mass is 9.85. The van der Waals surface area contributed by atoms with Gasteiger partial charge in [0, 0.05) is 23.2 Å². The molecule has 0 aliphatic rings. The van der Waals surface area contributed by atoms with Gasteiger partial charge in [0.15, 0.2) is 5.78 Å². The molecule has 22 heavy (non-hydrogen) atoms. The van der Waals surface area contributed by atoms with E-state index in [9.17, 15) is 14.4 Å². The van der Waals surface area contributed by atoms with Gasteiger partial charge in [-0.1, -0.05) is 55.4 Å². The highest BCUT2D eigenvalue weighted by Gasteiger charge is 2.27. The highest BCUT2D eigenvalue weighted by molar-refractivity contribution is 5.88. The third kappa shape index (κ3) is 10.5. The Morgan fingerprint density at radius 3 is 1.45 bits per heavy atom. The zero-order valence-electron chi connectivity index (χ0n) is 15.3. The first-order chi connectivity index (χ1) is 9.60. The molecule has 0 saturated heterocycles. The normalized spacial score (nSPS) is 13.2. The van der Waals surface area contributed by atoms with Gasteiger partial charge in [-0.25, -0.2) is 0 Å². The number of hydrogen-bond donors (Lipinski definition) is 2. The van der Waals surface area contributed by atoms with Crippen LogP contribution in [0.2, 0.25) is 0 Å². The van der Waals surface area contributed by atoms with Crippen LogP contribution in [0.25, 0.3) is 0 Å². The molecule has 0 radical (unpaired) electrons. The molecule has 0 saturated carbocycles. The standard InChI is InChI=1S/C9H17NO3.C8H16O/c1-9(2,3)8(13)6(10)4-5-7(11)12;1-6(2)7(9)8(3,4)5/h6H,4-5,10H2,1-3H3,(H,11,12);6H,1-5H3/t6-;/m0./s1. The minimum atomic E-state index is -0.919. The van der Waals surface area contributed by atoms with Crippen LogP contribution in [0.15, 0.2) is 0 Å². The minimum absolute atomic E-state index is 0.0526. The first kappa shape index (κ1) is 23.0. The fourth-order valence-corrected chi connectivity index (χ4v) is 1.83. The number of aliphatic carboxylic acids is 1. The van der Waals surface area contributed by atoms with E-state index in [1.165, 1.54) is 0 Å². The molecule has 0 unspecified atom stereocenters. The van der Waals surface area contributed by atoms with Crippen molar-refractivity contribution >= 4 is 17.5 Å². The van der Waals surface area contributed by atoms with Crippen LogP contribution in [-0.2, 0) is 14.4 Å². The summed E-state index contributed by atoms with van der Waals surface area (Å²) >= 11 is 0. The molecule has 0 aromatic rings. The third-order valence-electron chi connectivity index (χ3n) is 3.01. The SMILES string of the molecule is CC(C)(C)C(=O)[C@@H](N)CCC(=O)O.CC(C)C(=O)C(C)(C)C. The van der Waals surface area contributed by atoms with Crippen LogP contribution in [0.5, 0.6) is 0 Å². The highest BCUT2D eigenvalue weighted by Crippen LogP contribution is 2.19. The summed E-state index contributed by atoms with van der Waals surface area (Å²) in [5.74, 6) is -0.501. The molecule has 0 heterocycles. The molecule has 5 nitrogen and oxygen atoms in total. The van der Waals surface area contributed by atoms with Crippen LogP contribution in [0, 0.1) is 16.7 Å². The van der Waals surface area contributed by atoms with Crippen LogP contribution >= 0.6 is 0 Å². The largest absolute Gasteiger partial charge is 0.481 e. The number of carbonyl (C=O) groups excluding carboxylic acids is 2. The quantitative estimate of drug-likeness (QED) is 0.812. The second-order valence-electron chi connectivity index (χ2n) is 7.92. The van der Waals surface area contributed by atoms with Gasteiger partial charge in [-0.05, 0) is 6.42 Å². The lowest BCUT2D eigenvalue weighted by Gasteiger charge is -2.21. The van der Waals surface area contributed by atoms with Crippen molar-refractivity contribution in [1.82, 2.24) is 0 Å². The fraction of sp³-hybridized carbons (Fsp3) is 0.824. The summed E-state index contributed by atoms with van der Waals surface area (Å²) in [7, 11) is 0. The Labute approximate surface area is 134 Å². The smallest absolute Gasteiger partial charge is 0.303 e. The predicted octanol–water partition coefficient (Wildman–Crippen LogP) is 3.05. The monoisotopic (exact) mass is 315 g/mol. The Morgan fingerprint density at radius 2 is 1.27 bits per heavy atom. The van der Waals surface area contributed by atoms with Gasteiger partial charge in [0.05, 0.1) is 6.04 Å². The van der Waals surface area contributed by atoms with E-state index in [4.69, 9.17) is 10.8 Å².